The SMILES string of the molecule is CC1CC(C)CN(C(=O)NCCCn2cccn2)C1. The van der Waals surface area contributed by atoms with Gasteiger partial charge in [0.15, 0.2) is 0 Å². The Labute approximate surface area is 115 Å². The highest BCUT2D eigenvalue weighted by Crippen LogP contribution is 2.20. The van der Waals surface area contributed by atoms with Crippen molar-refractivity contribution in [3.63, 3.8) is 0 Å². The number of rotatable bonds is 4. The Kier molecular flexibility index (Phi) is 4.82. The number of hydrogen-bond donors (Lipinski definition) is 1. The van der Waals surface area contributed by atoms with Crippen LogP contribution in [0.1, 0.15) is 26.7 Å². The second-order valence-electron chi connectivity index (χ2n) is 5.71. The molecule has 0 saturated carbocycles. The molecule has 2 atom stereocenters. The van der Waals surface area contributed by atoms with Crippen LogP contribution in [-0.4, -0.2) is 40.3 Å². The number of aryl methyl sites for hydroxylation is 1. The summed E-state index contributed by atoms with van der Waals surface area (Å²) in [5.41, 5.74) is 0. The number of urea groups is 1. The molecule has 19 heavy (non-hydrogen) atoms. The molecule has 2 heterocycles. The maximum atomic E-state index is 12.0. The van der Waals surface area contributed by atoms with Gasteiger partial charge >= 0.3 is 6.03 Å². The van der Waals surface area contributed by atoms with Gasteiger partial charge in [-0.05, 0) is 30.7 Å². The van der Waals surface area contributed by atoms with Crippen LogP contribution in [0.3, 0.4) is 0 Å². The fourth-order valence-electron chi connectivity index (χ4n) is 2.81. The third kappa shape index (κ3) is 4.26. The monoisotopic (exact) mass is 264 g/mol. The number of nitrogens with zero attached hydrogens (tertiary/aromatic N) is 3. The first-order valence-electron chi connectivity index (χ1n) is 7.15. The molecule has 1 aromatic heterocycles. The number of amides is 2. The molecule has 0 spiro atoms. The summed E-state index contributed by atoms with van der Waals surface area (Å²) in [7, 11) is 0. The predicted molar refractivity (Wildman–Crippen MR) is 74.8 cm³/mol. The molecule has 1 saturated heterocycles. The minimum absolute atomic E-state index is 0.0823. The van der Waals surface area contributed by atoms with Crippen LogP contribution in [0.15, 0.2) is 18.5 Å². The van der Waals surface area contributed by atoms with Crippen molar-refractivity contribution in [2.24, 2.45) is 11.8 Å². The summed E-state index contributed by atoms with van der Waals surface area (Å²) < 4.78 is 1.89. The number of likely N-dealkylation sites (tertiary alicyclic amines) is 1. The van der Waals surface area contributed by atoms with E-state index in [0.29, 0.717) is 18.4 Å². The Balaban J connectivity index is 1.66. The molecule has 5 heteroatoms. The largest absolute Gasteiger partial charge is 0.338 e. The van der Waals surface area contributed by atoms with Crippen molar-refractivity contribution in [2.75, 3.05) is 19.6 Å². The lowest BCUT2D eigenvalue weighted by Crippen LogP contribution is -2.47. The first-order valence-corrected chi connectivity index (χ1v) is 7.15. The molecular weight excluding hydrogens is 240 g/mol. The zero-order chi connectivity index (χ0) is 13.7. The fraction of sp³-hybridized carbons (Fsp3) is 0.714. The van der Waals surface area contributed by atoms with E-state index in [9.17, 15) is 4.79 Å². The topological polar surface area (TPSA) is 50.2 Å². The summed E-state index contributed by atoms with van der Waals surface area (Å²) in [5, 5.41) is 7.14. The molecule has 106 valence electrons. The number of carbonyl (C=O) groups excluding carboxylic acids is 1. The highest BCUT2D eigenvalue weighted by atomic mass is 16.2. The van der Waals surface area contributed by atoms with Crippen molar-refractivity contribution >= 4 is 6.03 Å². The van der Waals surface area contributed by atoms with Crippen LogP contribution in [0.25, 0.3) is 0 Å². The van der Waals surface area contributed by atoms with Crippen molar-refractivity contribution in [1.82, 2.24) is 20.0 Å². The second-order valence-corrected chi connectivity index (χ2v) is 5.71. The third-order valence-corrected chi connectivity index (χ3v) is 3.56. The summed E-state index contributed by atoms with van der Waals surface area (Å²) in [6, 6.07) is 1.99. The molecular formula is C14H24N4O. The molecule has 0 bridgehead atoms. The van der Waals surface area contributed by atoms with E-state index in [1.54, 1.807) is 6.20 Å². The second kappa shape index (κ2) is 6.59. The number of aromatic nitrogens is 2. The standard InChI is InChI=1S/C14H24N4O/c1-12-9-13(2)11-17(10-12)14(19)15-5-3-7-18-8-4-6-16-18/h4,6,8,12-13H,3,5,7,9-11H2,1-2H3,(H,15,19). The molecule has 1 aliphatic rings. The number of carbonyl (C=O) groups is 1. The normalized spacial score (nSPS) is 23.4. The molecule has 0 aliphatic carbocycles. The number of piperidine rings is 1. The summed E-state index contributed by atoms with van der Waals surface area (Å²) in [5.74, 6) is 1.22. The number of nitrogens with one attached hydrogen (secondary N) is 1. The van der Waals surface area contributed by atoms with Gasteiger partial charge in [0.05, 0.1) is 0 Å². The average molecular weight is 264 g/mol. The first kappa shape index (κ1) is 13.9. The van der Waals surface area contributed by atoms with Gasteiger partial charge in [-0.1, -0.05) is 13.8 Å². The fourth-order valence-corrected chi connectivity index (χ4v) is 2.81. The van der Waals surface area contributed by atoms with E-state index < -0.39 is 0 Å². The first-order chi connectivity index (χ1) is 9.15. The summed E-state index contributed by atoms with van der Waals surface area (Å²) >= 11 is 0. The Morgan fingerprint density at radius 1 is 1.37 bits per heavy atom. The van der Waals surface area contributed by atoms with Gasteiger partial charge in [0.25, 0.3) is 0 Å². The zero-order valence-corrected chi connectivity index (χ0v) is 11.9. The summed E-state index contributed by atoms with van der Waals surface area (Å²) in [6.45, 7) is 7.75. The smallest absolute Gasteiger partial charge is 0.317 e. The van der Waals surface area contributed by atoms with Gasteiger partial charge in [-0.25, -0.2) is 4.79 Å². The molecule has 1 aliphatic heterocycles. The van der Waals surface area contributed by atoms with Gasteiger partial charge in [-0.15, -0.1) is 0 Å². The zero-order valence-electron chi connectivity index (χ0n) is 11.9. The molecule has 5 nitrogen and oxygen atoms in total. The molecule has 1 N–H and O–H groups in total. The summed E-state index contributed by atoms with van der Waals surface area (Å²) in [6.07, 6.45) is 5.85. The van der Waals surface area contributed by atoms with Gasteiger partial charge in [-0.3, -0.25) is 4.68 Å². The van der Waals surface area contributed by atoms with E-state index in [1.165, 1.54) is 6.42 Å². The van der Waals surface area contributed by atoms with Crippen LogP contribution in [0.2, 0.25) is 0 Å². The minimum Gasteiger partial charge on any atom is -0.338 e. The van der Waals surface area contributed by atoms with E-state index in [-0.39, 0.29) is 6.03 Å². The van der Waals surface area contributed by atoms with Gasteiger partial charge in [0.1, 0.15) is 0 Å². The highest BCUT2D eigenvalue weighted by molar-refractivity contribution is 5.74. The lowest BCUT2D eigenvalue weighted by atomic mass is 9.92. The van der Waals surface area contributed by atoms with Crippen LogP contribution in [0.5, 0.6) is 0 Å². The van der Waals surface area contributed by atoms with Crippen LogP contribution >= 0.6 is 0 Å². The van der Waals surface area contributed by atoms with Crippen molar-refractivity contribution in [2.45, 2.75) is 33.2 Å². The van der Waals surface area contributed by atoms with E-state index in [1.807, 2.05) is 21.8 Å². The molecule has 1 aromatic rings. The quantitative estimate of drug-likeness (QED) is 0.845. The molecule has 1 fully saturated rings. The summed E-state index contributed by atoms with van der Waals surface area (Å²) in [4.78, 5) is 14.0. The van der Waals surface area contributed by atoms with Crippen molar-refractivity contribution in [3.05, 3.63) is 18.5 Å². The van der Waals surface area contributed by atoms with Crippen LogP contribution in [0, 0.1) is 11.8 Å². The molecule has 2 rings (SSSR count). The minimum atomic E-state index is 0.0823. The Morgan fingerprint density at radius 2 is 2.11 bits per heavy atom. The van der Waals surface area contributed by atoms with Crippen molar-refractivity contribution < 1.29 is 4.79 Å². The lowest BCUT2D eigenvalue weighted by Gasteiger charge is -2.34. The maximum absolute atomic E-state index is 12.0. The Hall–Kier alpha value is -1.52. The molecule has 0 aromatic carbocycles. The molecule has 0 radical (unpaired) electrons. The lowest BCUT2D eigenvalue weighted by molar-refractivity contribution is 0.146. The molecule has 2 amide bonds. The third-order valence-electron chi connectivity index (χ3n) is 3.56. The van der Waals surface area contributed by atoms with Crippen LogP contribution in [-0.2, 0) is 6.54 Å². The highest BCUT2D eigenvalue weighted by Gasteiger charge is 2.24. The Morgan fingerprint density at radius 3 is 2.74 bits per heavy atom. The van der Waals surface area contributed by atoms with Gasteiger partial charge < -0.3 is 10.2 Å². The molecule has 2 unspecified atom stereocenters. The average Bonchev–Trinajstić information content (AvgIpc) is 2.86. The van der Waals surface area contributed by atoms with Crippen molar-refractivity contribution in [1.29, 1.82) is 0 Å². The Bertz CT molecular complexity index is 380. The van der Waals surface area contributed by atoms with Gasteiger partial charge in [-0.2, -0.15) is 5.10 Å². The van der Waals surface area contributed by atoms with E-state index >= 15 is 0 Å². The maximum Gasteiger partial charge on any atom is 0.317 e. The van der Waals surface area contributed by atoms with Gasteiger partial charge in [0.2, 0.25) is 0 Å². The van der Waals surface area contributed by atoms with Crippen LogP contribution < -0.4 is 5.32 Å². The van der Waals surface area contributed by atoms with E-state index in [4.69, 9.17) is 0 Å². The van der Waals surface area contributed by atoms with E-state index in [2.05, 4.69) is 24.3 Å². The van der Waals surface area contributed by atoms with Crippen LogP contribution in [0.4, 0.5) is 4.79 Å². The van der Waals surface area contributed by atoms with Gasteiger partial charge in [0, 0.05) is 38.6 Å². The van der Waals surface area contributed by atoms with E-state index in [0.717, 1.165) is 26.1 Å². The van der Waals surface area contributed by atoms with Crippen molar-refractivity contribution in [3.8, 4) is 0 Å². The predicted octanol–water partition coefficient (Wildman–Crippen LogP) is 1.96. The number of hydrogen-bond acceptors (Lipinski definition) is 2.